The van der Waals surface area contributed by atoms with Crippen LogP contribution in [0.25, 0.3) is 0 Å². The number of nitrogens with zero attached hydrogens (tertiary/aromatic N) is 1. The Hall–Kier alpha value is -1.59. The largest absolute Gasteiger partial charge is 0.461 e. The van der Waals surface area contributed by atoms with Crippen molar-refractivity contribution in [1.82, 2.24) is 0 Å². The van der Waals surface area contributed by atoms with E-state index in [1.165, 1.54) is 0 Å². The molecule has 2 rings (SSSR count). The average Bonchev–Trinajstić information content (AvgIpc) is 2.77. The summed E-state index contributed by atoms with van der Waals surface area (Å²) in [7, 11) is 4.22. The van der Waals surface area contributed by atoms with Gasteiger partial charge in [0.25, 0.3) is 0 Å². The van der Waals surface area contributed by atoms with Gasteiger partial charge in [0.2, 0.25) is 0 Å². The van der Waals surface area contributed by atoms with E-state index >= 15 is 0 Å². The minimum Gasteiger partial charge on any atom is -0.461 e. The molecule has 3 nitrogen and oxygen atoms in total. The third-order valence-corrected chi connectivity index (χ3v) is 4.25. The highest BCUT2D eigenvalue weighted by Gasteiger charge is 2.18. The molecule has 0 amide bonds. The molecule has 0 bridgehead atoms. The van der Waals surface area contributed by atoms with Crippen LogP contribution in [0.2, 0.25) is 19.6 Å². The molecule has 0 spiro atoms. The summed E-state index contributed by atoms with van der Waals surface area (Å²) in [6, 6.07) is 11.9. The number of aryl methyl sites for hydroxylation is 1. The van der Waals surface area contributed by atoms with Crippen LogP contribution in [0.3, 0.4) is 0 Å². The first kappa shape index (κ1) is 16.8. The Morgan fingerprint density at radius 1 is 1.27 bits per heavy atom. The maximum absolute atomic E-state index is 6.03. The molecule has 0 aliphatic heterocycles. The lowest BCUT2D eigenvalue weighted by atomic mass is 9.97. The Balaban J connectivity index is 2.17. The highest BCUT2D eigenvalue weighted by atomic mass is 28.4. The molecule has 0 unspecified atom stereocenters. The highest BCUT2D eigenvalue weighted by molar-refractivity contribution is 6.69. The van der Waals surface area contributed by atoms with Crippen LogP contribution >= 0.6 is 0 Å². The van der Waals surface area contributed by atoms with Crippen molar-refractivity contribution in [3.05, 3.63) is 53.5 Å². The zero-order valence-electron chi connectivity index (χ0n) is 13.7. The molecule has 114 valence electrons. The number of hydrogen-bond acceptors (Lipinski definition) is 3. The van der Waals surface area contributed by atoms with Gasteiger partial charge in [0.15, 0.2) is 8.32 Å². The van der Waals surface area contributed by atoms with Gasteiger partial charge in [-0.25, -0.2) is 0 Å². The fourth-order valence-corrected chi connectivity index (χ4v) is 2.63. The molecule has 1 aromatic heterocycles. The zero-order chi connectivity index (χ0) is 16.2. The third kappa shape index (κ3) is 5.00. The second-order valence-corrected chi connectivity index (χ2v) is 10.8. The quantitative estimate of drug-likeness (QED) is 0.605. The lowest BCUT2D eigenvalue weighted by molar-refractivity contribution is 0.285. The highest BCUT2D eigenvalue weighted by Crippen LogP contribution is 2.19. The minimum absolute atomic E-state index is 0.0421. The van der Waals surface area contributed by atoms with E-state index in [4.69, 9.17) is 16.7 Å². The first-order valence-corrected chi connectivity index (χ1v) is 10.8. The van der Waals surface area contributed by atoms with Crippen LogP contribution in [0.5, 0.6) is 0 Å². The minimum atomic E-state index is -1.58. The van der Waals surface area contributed by atoms with Crippen LogP contribution in [-0.4, -0.2) is 29.0 Å². The predicted molar refractivity (Wildman–Crippen MR) is 94.9 cm³/mol. The maximum Gasteiger partial charge on any atom is 0.183 e. The summed E-state index contributed by atoms with van der Waals surface area (Å²) >= 11 is 0. The van der Waals surface area contributed by atoms with Gasteiger partial charge < -0.3 is 8.84 Å². The molecule has 1 heterocycles. The van der Waals surface area contributed by atoms with E-state index in [1.807, 2.05) is 25.1 Å². The van der Waals surface area contributed by atoms with Crippen molar-refractivity contribution in [2.45, 2.75) is 32.6 Å². The van der Waals surface area contributed by atoms with Crippen LogP contribution in [-0.2, 0) is 4.43 Å². The van der Waals surface area contributed by atoms with Gasteiger partial charge in [0.1, 0.15) is 13.6 Å². The van der Waals surface area contributed by atoms with Crippen LogP contribution < -0.4 is 5.46 Å². The van der Waals surface area contributed by atoms with E-state index in [0.29, 0.717) is 17.8 Å². The van der Waals surface area contributed by atoms with Crippen LogP contribution in [0.15, 0.2) is 45.8 Å². The monoisotopic (exact) mass is 311 g/mol. The van der Waals surface area contributed by atoms with Crippen molar-refractivity contribution < 1.29 is 8.84 Å². The number of hydrogen-bond donors (Lipinski definition) is 0. The van der Waals surface area contributed by atoms with Gasteiger partial charge in [0.05, 0.1) is 24.6 Å². The van der Waals surface area contributed by atoms with Crippen molar-refractivity contribution in [3.8, 4) is 0 Å². The van der Waals surface area contributed by atoms with Crippen molar-refractivity contribution >= 4 is 27.8 Å². The zero-order valence-corrected chi connectivity index (χ0v) is 14.7. The molecule has 22 heavy (non-hydrogen) atoms. The Kier molecular flexibility index (Phi) is 5.43. The molecule has 1 aromatic carbocycles. The SMILES string of the molecule is [B]c1cc(C=N[C@@H](CO[Si](C)(C)C)c2ccccc2)oc1C. The van der Waals surface area contributed by atoms with E-state index in [2.05, 4.69) is 36.8 Å². The molecule has 0 N–H and O–H groups in total. The smallest absolute Gasteiger partial charge is 0.183 e. The molecule has 0 aliphatic rings. The molecule has 2 radical (unpaired) electrons. The van der Waals surface area contributed by atoms with Crippen molar-refractivity contribution in [2.75, 3.05) is 6.61 Å². The molecular formula is C17H22BNO2Si. The summed E-state index contributed by atoms with van der Waals surface area (Å²) in [6.07, 6.45) is 1.73. The normalized spacial score (nSPS) is 13.6. The molecule has 1 atom stereocenters. The lowest BCUT2D eigenvalue weighted by Crippen LogP contribution is -2.27. The van der Waals surface area contributed by atoms with Gasteiger partial charge in [-0.2, -0.15) is 0 Å². The number of furan rings is 1. The maximum atomic E-state index is 6.03. The van der Waals surface area contributed by atoms with Gasteiger partial charge >= 0.3 is 0 Å². The lowest BCUT2D eigenvalue weighted by Gasteiger charge is -2.21. The van der Waals surface area contributed by atoms with Crippen molar-refractivity contribution in [3.63, 3.8) is 0 Å². The summed E-state index contributed by atoms with van der Waals surface area (Å²) in [4.78, 5) is 4.64. The summed E-state index contributed by atoms with van der Waals surface area (Å²) < 4.78 is 11.6. The molecule has 2 aromatic rings. The third-order valence-electron chi connectivity index (χ3n) is 3.22. The molecule has 0 fully saturated rings. The fourth-order valence-electron chi connectivity index (χ4n) is 1.98. The predicted octanol–water partition coefficient (Wildman–Crippen LogP) is 3.39. The van der Waals surface area contributed by atoms with Gasteiger partial charge in [-0.05, 0) is 38.2 Å². The van der Waals surface area contributed by atoms with Gasteiger partial charge in [0, 0.05) is 0 Å². The van der Waals surface area contributed by atoms with Gasteiger partial charge in [-0.15, -0.1) is 0 Å². The summed E-state index contributed by atoms with van der Waals surface area (Å²) in [5.74, 6) is 1.39. The van der Waals surface area contributed by atoms with Crippen molar-refractivity contribution in [2.24, 2.45) is 4.99 Å². The number of benzene rings is 1. The number of rotatable bonds is 6. The Bertz CT molecular complexity index is 612. The molecule has 5 heteroatoms. The summed E-state index contributed by atoms with van der Waals surface area (Å²) in [5.41, 5.74) is 1.78. The van der Waals surface area contributed by atoms with Gasteiger partial charge in [-0.1, -0.05) is 35.8 Å². The Morgan fingerprint density at radius 3 is 2.50 bits per heavy atom. The van der Waals surface area contributed by atoms with Crippen LogP contribution in [0.1, 0.15) is 23.1 Å². The second-order valence-electron chi connectivity index (χ2n) is 6.29. The Morgan fingerprint density at radius 2 is 1.95 bits per heavy atom. The Labute approximate surface area is 135 Å². The standard InChI is InChI=1S/C17H22BNO2Si/c1-13-16(18)10-15(21-13)11-19-17(12-20-22(2,3)4)14-8-6-5-7-9-14/h5-11,17H,12H2,1-4H3/t17-/m0/s1. The summed E-state index contributed by atoms with van der Waals surface area (Å²) in [5, 5.41) is 0. The van der Waals surface area contributed by atoms with Crippen LogP contribution in [0.4, 0.5) is 0 Å². The second kappa shape index (κ2) is 7.11. The van der Waals surface area contributed by atoms with E-state index in [-0.39, 0.29) is 6.04 Å². The van der Waals surface area contributed by atoms with E-state index < -0.39 is 8.32 Å². The van der Waals surface area contributed by atoms with E-state index in [0.717, 1.165) is 11.3 Å². The average molecular weight is 311 g/mol. The topological polar surface area (TPSA) is 34.7 Å². The molecule has 0 saturated carbocycles. The van der Waals surface area contributed by atoms with E-state index in [1.54, 1.807) is 12.3 Å². The van der Waals surface area contributed by atoms with E-state index in [9.17, 15) is 0 Å². The van der Waals surface area contributed by atoms with Crippen LogP contribution in [0, 0.1) is 6.92 Å². The molecule has 0 saturated heterocycles. The van der Waals surface area contributed by atoms with Gasteiger partial charge in [-0.3, -0.25) is 4.99 Å². The molecule has 0 aliphatic carbocycles. The summed E-state index contributed by atoms with van der Waals surface area (Å²) in [6.45, 7) is 8.95. The van der Waals surface area contributed by atoms with Crippen molar-refractivity contribution in [1.29, 1.82) is 0 Å². The first-order valence-electron chi connectivity index (χ1n) is 7.43. The molecular weight excluding hydrogens is 289 g/mol. The first-order chi connectivity index (χ1) is 10.3. The fraction of sp³-hybridized carbons (Fsp3) is 0.353. The number of aliphatic imine (C=N–C) groups is 1.